The first-order chi connectivity index (χ1) is 9.04. The van der Waals surface area contributed by atoms with Crippen molar-refractivity contribution in [3.05, 3.63) is 44.0 Å². The van der Waals surface area contributed by atoms with Crippen molar-refractivity contribution >= 4 is 43.4 Å². The molecule has 0 unspecified atom stereocenters. The second-order valence-corrected chi connectivity index (χ2v) is 6.51. The second kappa shape index (κ2) is 4.47. The summed E-state index contributed by atoms with van der Waals surface area (Å²) in [4.78, 5) is 16.2. The van der Waals surface area contributed by atoms with E-state index < -0.39 is 5.63 Å². The van der Waals surface area contributed by atoms with E-state index in [0.29, 0.717) is 22.0 Å². The highest BCUT2D eigenvalue weighted by molar-refractivity contribution is 9.11. The number of benzene rings is 1. The lowest BCUT2D eigenvalue weighted by molar-refractivity contribution is 0.563. The molecule has 0 bridgehead atoms. The van der Waals surface area contributed by atoms with Gasteiger partial charge in [0.05, 0.1) is 5.56 Å². The Morgan fingerprint density at radius 2 is 2.16 bits per heavy atom. The van der Waals surface area contributed by atoms with Crippen LogP contribution in [0.15, 0.2) is 37.3 Å². The van der Waals surface area contributed by atoms with Crippen LogP contribution < -0.4 is 11.4 Å². The van der Waals surface area contributed by atoms with Gasteiger partial charge < -0.3 is 10.2 Å². The van der Waals surface area contributed by atoms with Gasteiger partial charge in [0.1, 0.15) is 15.1 Å². The lowest BCUT2D eigenvalue weighted by Crippen LogP contribution is -2.03. The van der Waals surface area contributed by atoms with Crippen LogP contribution in [0.2, 0.25) is 0 Å². The number of nitrogen functional groups attached to an aromatic ring is 1. The highest BCUT2D eigenvalue weighted by atomic mass is 79.9. The van der Waals surface area contributed by atoms with Gasteiger partial charge in [0.25, 0.3) is 0 Å². The molecule has 19 heavy (non-hydrogen) atoms. The Hall–Kier alpha value is -1.66. The number of fused-ring (bicyclic) bond motifs is 1. The molecule has 0 spiro atoms. The molecule has 0 aliphatic rings. The largest absolute Gasteiger partial charge is 0.422 e. The van der Waals surface area contributed by atoms with E-state index >= 15 is 0 Å². The summed E-state index contributed by atoms with van der Waals surface area (Å²) in [6.07, 6.45) is 0. The van der Waals surface area contributed by atoms with E-state index in [2.05, 4.69) is 20.9 Å². The van der Waals surface area contributed by atoms with Gasteiger partial charge in [0.2, 0.25) is 0 Å². The molecule has 0 fully saturated rings. The molecule has 0 amide bonds. The molecular formula is C13H9BrN2O2S. The molecule has 4 nitrogen and oxygen atoms in total. The fourth-order valence-electron chi connectivity index (χ4n) is 1.89. The number of aryl methyl sites for hydroxylation is 1. The summed E-state index contributed by atoms with van der Waals surface area (Å²) >= 11 is 4.65. The first kappa shape index (κ1) is 12.4. The van der Waals surface area contributed by atoms with Crippen LogP contribution in [0.25, 0.3) is 22.2 Å². The fraction of sp³-hybridized carbons (Fsp3) is 0.0769. The van der Waals surface area contributed by atoms with E-state index in [4.69, 9.17) is 10.2 Å². The van der Waals surface area contributed by atoms with E-state index in [1.54, 1.807) is 12.1 Å². The van der Waals surface area contributed by atoms with Crippen molar-refractivity contribution in [3.63, 3.8) is 0 Å². The predicted molar refractivity (Wildman–Crippen MR) is 80.4 cm³/mol. The van der Waals surface area contributed by atoms with E-state index in [1.807, 2.05) is 19.1 Å². The maximum absolute atomic E-state index is 12.0. The Morgan fingerprint density at radius 3 is 2.84 bits per heavy atom. The van der Waals surface area contributed by atoms with E-state index in [1.165, 1.54) is 11.3 Å². The second-order valence-electron chi connectivity index (χ2n) is 4.16. The zero-order valence-electron chi connectivity index (χ0n) is 9.94. The van der Waals surface area contributed by atoms with E-state index in [-0.39, 0.29) is 0 Å². The van der Waals surface area contributed by atoms with Crippen LogP contribution in [0.1, 0.15) is 5.56 Å². The third-order valence-corrected chi connectivity index (χ3v) is 4.28. The number of nitrogens with two attached hydrogens (primary N) is 1. The molecule has 0 saturated heterocycles. The number of thiazole rings is 1. The fourth-order valence-corrected chi connectivity index (χ4v) is 3.26. The topological polar surface area (TPSA) is 69.1 Å². The Balaban J connectivity index is 2.32. The summed E-state index contributed by atoms with van der Waals surface area (Å²) in [5.41, 5.74) is 7.85. The average Bonchev–Trinajstić information content (AvgIpc) is 2.68. The van der Waals surface area contributed by atoms with Crippen molar-refractivity contribution < 1.29 is 4.42 Å². The highest BCUT2D eigenvalue weighted by Crippen LogP contribution is 2.33. The molecule has 0 radical (unpaired) electrons. The number of hydrogen-bond acceptors (Lipinski definition) is 5. The quantitative estimate of drug-likeness (QED) is 0.689. The summed E-state index contributed by atoms with van der Waals surface area (Å²) in [6, 6.07) is 7.45. The Labute approximate surface area is 121 Å². The van der Waals surface area contributed by atoms with Gasteiger partial charge in [0.15, 0.2) is 5.13 Å². The molecule has 0 atom stereocenters. The number of rotatable bonds is 1. The van der Waals surface area contributed by atoms with Crippen molar-refractivity contribution in [1.82, 2.24) is 4.98 Å². The van der Waals surface area contributed by atoms with Gasteiger partial charge >= 0.3 is 5.63 Å². The first-order valence-corrected chi connectivity index (χ1v) is 7.12. The number of halogens is 1. The summed E-state index contributed by atoms with van der Waals surface area (Å²) in [5.74, 6) is 0. The Bertz CT molecular complexity index is 838. The van der Waals surface area contributed by atoms with Gasteiger partial charge in [-0.2, -0.15) is 0 Å². The van der Waals surface area contributed by atoms with Crippen LogP contribution in [0.4, 0.5) is 5.13 Å². The molecule has 3 rings (SSSR count). The highest BCUT2D eigenvalue weighted by Gasteiger charge is 2.15. The van der Waals surface area contributed by atoms with Gasteiger partial charge in [-0.05, 0) is 41.1 Å². The normalized spacial score (nSPS) is 11.1. The third kappa shape index (κ3) is 2.17. The minimum Gasteiger partial charge on any atom is -0.422 e. The van der Waals surface area contributed by atoms with Crippen molar-refractivity contribution in [3.8, 4) is 11.3 Å². The van der Waals surface area contributed by atoms with Crippen LogP contribution in [0, 0.1) is 6.92 Å². The van der Waals surface area contributed by atoms with Gasteiger partial charge in [-0.25, -0.2) is 9.78 Å². The molecule has 0 aliphatic heterocycles. The molecule has 3 aromatic rings. The molecular weight excluding hydrogens is 328 g/mol. The summed E-state index contributed by atoms with van der Waals surface area (Å²) in [5, 5.41) is 1.28. The monoisotopic (exact) mass is 336 g/mol. The third-order valence-electron chi connectivity index (χ3n) is 2.75. The van der Waals surface area contributed by atoms with Crippen LogP contribution in [-0.2, 0) is 0 Å². The van der Waals surface area contributed by atoms with E-state index in [0.717, 1.165) is 14.7 Å². The summed E-state index contributed by atoms with van der Waals surface area (Å²) in [7, 11) is 0. The summed E-state index contributed by atoms with van der Waals surface area (Å²) in [6.45, 7) is 1.99. The molecule has 0 saturated carbocycles. The number of aromatic nitrogens is 1. The Morgan fingerprint density at radius 1 is 1.37 bits per heavy atom. The SMILES string of the molecule is Cc1ccc2oc(=O)c(-c3nc(N)sc3Br)cc2c1. The molecule has 2 N–H and O–H groups in total. The molecule has 0 aliphatic carbocycles. The van der Waals surface area contributed by atoms with Gasteiger partial charge in [-0.1, -0.05) is 23.0 Å². The smallest absolute Gasteiger partial charge is 0.345 e. The lowest BCUT2D eigenvalue weighted by atomic mass is 10.1. The summed E-state index contributed by atoms with van der Waals surface area (Å²) < 4.78 is 6.04. The Kier molecular flexibility index (Phi) is 2.91. The van der Waals surface area contributed by atoms with Gasteiger partial charge in [0, 0.05) is 5.39 Å². The molecule has 2 heterocycles. The predicted octanol–water partition coefficient (Wildman–Crippen LogP) is 3.57. The van der Waals surface area contributed by atoms with Crippen LogP contribution in [0.5, 0.6) is 0 Å². The van der Waals surface area contributed by atoms with Crippen LogP contribution >= 0.6 is 27.3 Å². The maximum Gasteiger partial charge on any atom is 0.345 e. The van der Waals surface area contributed by atoms with Gasteiger partial charge in [-0.3, -0.25) is 0 Å². The molecule has 6 heteroatoms. The van der Waals surface area contributed by atoms with Crippen LogP contribution in [-0.4, -0.2) is 4.98 Å². The van der Waals surface area contributed by atoms with Crippen molar-refractivity contribution in [2.75, 3.05) is 5.73 Å². The standard InChI is InChI=1S/C13H9BrN2O2S/c1-6-2-3-9-7(4-6)5-8(12(17)18-9)10-11(14)19-13(15)16-10/h2-5H,1H3,(H2,15,16). The maximum atomic E-state index is 12.0. The van der Waals surface area contributed by atoms with Crippen molar-refractivity contribution in [2.45, 2.75) is 6.92 Å². The minimum absolute atomic E-state index is 0.408. The van der Waals surface area contributed by atoms with Crippen LogP contribution in [0.3, 0.4) is 0 Å². The van der Waals surface area contributed by atoms with Crippen molar-refractivity contribution in [2.24, 2.45) is 0 Å². The first-order valence-electron chi connectivity index (χ1n) is 5.51. The molecule has 1 aromatic carbocycles. The molecule has 2 aromatic heterocycles. The lowest BCUT2D eigenvalue weighted by Gasteiger charge is -2.01. The van der Waals surface area contributed by atoms with Gasteiger partial charge in [-0.15, -0.1) is 0 Å². The average molecular weight is 337 g/mol. The zero-order chi connectivity index (χ0) is 13.6. The number of hydrogen-bond donors (Lipinski definition) is 1. The van der Waals surface area contributed by atoms with E-state index in [9.17, 15) is 4.79 Å². The minimum atomic E-state index is -0.414. The molecule has 96 valence electrons. The van der Waals surface area contributed by atoms with Crippen molar-refractivity contribution in [1.29, 1.82) is 0 Å². The number of anilines is 1. The zero-order valence-corrected chi connectivity index (χ0v) is 12.3. The number of nitrogens with zero attached hydrogens (tertiary/aromatic N) is 1.